The second-order valence-corrected chi connectivity index (χ2v) is 5.00. The van der Waals surface area contributed by atoms with Gasteiger partial charge in [0.15, 0.2) is 5.96 Å². The van der Waals surface area contributed by atoms with Crippen molar-refractivity contribution in [3.8, 4) is 11.5 Å². The number of nitrogens with one attached hydrogen (secondary N) is 2. The van der Waals surface area contributed by atoms with E-state index in [0.717, 1.165) is 49.9 Å². The Hall–Kier alpha value is -1.22. The van der Waals surface area contributed by atoms with Crippen LogP contribution in [0.3, 0.4) is 0 Å². The van der Waals surface area contributed by atoms with Crippen molar-refractivity contribution >= 4 is 29.9 Å². The number of unbranched alkanes of at least 4 members (excludes halogenated alkanes) is 2. The lowest BCUT2D eigenvalue weighted by molar-refractivity contribution is 0.192. The summed E-state index contributed by atoms with van der Waals surface area (Å²) in [7, 11) is 5.15. The van der Waals surface area contributed by atoms with Crippen LogP contribution in [0.15, 0.2) is 29.3 Å². The summed E-state index contributed by atoms with van der Waals surface area (Å²) in [5.74, 6) is 2.45. The highest BCUT2D eigenvalue weighted by molar-refractivity contribution is 14.0. The minimum Gasteiger partial charge on any atom is -0.497 e. The fourth-order valence-corrected chi connectivity index (χ4v) is 1.99. The Morgan fingerprint density at radius 1 is 0.917 bits per heavy atom. The molecule has 0 radical (unpaired) electrons. The van der Waals surface area contributed by atoms with E-state index in [2.05, 4.69) is 15.6 Å². The third kappa shape index (κ3) is 10.5. The Morgan fingerprint density at radius 2 is 1.58 bits per heavy atom. The maximum absolute atomic E-state index is 5.66. The molecule has 1 aromatic rings. The Balaban J connectivity index is 0.00000529. The molecule has 7 heteroatoms. The van der Waals surface area contributed by atoms with Crippen LogP contribution < -0.4 is 20.1 Å². The van der Waals surface area contributed by atoms with Crippen LogP contribution in [-0.4, -0.2) is 53.5 Å². The number of halogens is 1. The first-order valence-corrected chi connectivity index (χ1v) is 8.00. The lowest BCUT2D eigenvalue weighted by Crippen LogP contribution is -2.39. The molecule has 0 fully saturated rings. The van der Waals surface area contributed by atoms with Gasteiger partial charge >= 0.3 is 0 Å². The molecule has 0 unspecified atom stereocenters. The minimum absolute atomic E-state index is 0. The van der Waals surface area contributed by atoms with Crippen LogP contribution in [0.1, 0.15) is 19.3 Å². The Morgan fingerprint density at radius 3 is 2.21 bits per heavy atom. The molecule has 0 aromatic heterocycles. The molecule has 0 bridgehead atoms. The molecule has 2 N–H and O–H groups in total. The number of hydrogen-bond acceptors (Lipinski definition) is 4. The summed E-state index contributed by atoms with van der Waals surface area (Å²) in [5.41, 5.74) is 0. The van der Waals surface area contributed by atoms with Gasteiger partial charge in [0, 0.05) is 27.3 Å². The number of benzene rings is 1. The third-order valence-electron chi connectivity index (χ3n) is 3.26. The van der Waals surface area contributed by atoms with Gasteiger partial charge in [0.1, 0.15) is 18.1 Å². The van der Waals surface area contributed by atoms with Crippen LogP contribution in [0.4, 0.5) is 0 Å². The second-order valence-electron chi connectivity index (χ2n) is 5.00. The van der Waals surface area contributed by atoms with E-state index in [1.54, 1.807) is 21.3 Å². The number of rotatable bonds is 11. The van der Waals surface area contributed by atoms with Crippen molar-refractivity contribution in [2.45, 2.75) is 19.3 Å². The van der Waals surface area contributed by atoms with Crippen LogP contribution in [0.25, 0.3) is 0 Å². The molecule has 138 valence electrons. The summed E-state index contributed by atoms with van der Waals surface area (Å²) in [6.45, 7) is 2.99. The summed E-state index contributed by atoms with van der Waals surface area (Å²) in [6, 6.07) is 7.55. The average molecular weight is 451 g/mol. The highest BCUT2D eigenvalue weighted by Gasteiger charge is 1.98. The molecule has 0 saturated carbocycles. The monoisotopic (exact) mass is 451 g/mol. The fourth-order valence-electron chi connectivity index (χ4n) is 1.99. The number of nitrogens with zero attached hydrogens (tertiary/aromatic N) is 1. The van der Waals surface area contributed by atoms with Crippen LogP contribution in [0.2, 0.25) is 0 Å². The van der Waals surface area contributed by atoms with Crippen molar-refractivity contribution in [3.63, 3.8) is 0 Å². The first kappa shape index (κ1) is 22.8. The van der Waals surface area contributed by atoms with Crippen LogP contribution in [0.5, 0.6) is 11.5 Å². The van der Waals surface area contributed by atoms with Gasteiger partial charge in [0.05, 0.1) is 13.7 Å². The Bertz CT molecular complexity index is 441. The molecular formula is C17H30IN3O3. The highest BCUT2D eigenvalue weighted by Crippen LogP contribution is 2.16. The topological polar surface area (TPSA) is 64.1 Å². The predicted octanol–water partition coefficient (Wildman–Crippen LogP) is 2.67. The molecule has 0 aliphatic carbocycles. The van der Waals surface area contributed by atoms with Crippen LogP contribution in [-0.2, 0) is 4.74 Å². The zero-order valence-electron chi connectivity index (χ0n) is 14.8. The first-order chi connectivity index (χ1) is 11.3. The number of hydrogen-bond donors (Lipinski definition) is 2. The standard InChI is InChI=1S/C17H29N3O3.HI/c1-18-17(19-11-5-4-6-13-21-2)20-12-14-23-16-9-7-15(22-3)8-10-16;/h7-10H,4-6,11-14H2,1-3H3,(H2,18,19,20);1H. The zero-order valence-corrected chi connectivity index (χ0v) is 17.2. The van der Waals surface area contributed by atoms with Gasteiger partial charge in [-0.25, -0.2) is 0 Å². The van der Waals surface area contributed by atoms with Gasteiger partial charge in [0.2, 0.25) is 0 Å². The van der Waals surface area contributed by atoms with E-state index >= 15 is 0 Å². The van der Waals surface area contributed by atoms with E-state index in [4.69, 9.17) is 14.2 Å². The molecule has 1 rings (SSSR count). The molecule has 0 aliphatic heterocycles. The molecule has 24 heavy (non-hydrogen) atoms. The maximum atomic E-state index is 5.66. The molecule has 0 spiro atoms. The number of guanidine groups is 1. The van der Waals surface area contributed by atoms with E-state index in [1.165, 1.54) is 0 Å². The van der Waals surface area contributed by atoms with E-state index < -0.39 is 0 Å². The molecule has 1 aromatic carbocycles. The number of methoxy groups -OCH3 is 2. The molecule has 0 amide bonds. The van der Waals surface area contributed by atoms with Crippen LogP contribution >= 0.6 is 24.0 Å². The maximum Gasteiger partial charge on any atom is 0.191 e. The Labute approximate surface area is 162 Å². The van der Waals surface area contributed by atoms with E-state index in [1.807, 2.05) is 24.3 Å². The molecule has 0 saturated heterocycles. The quantitative estimate of drug-likeness (QED) is 0.235. The molecule has 0 heterocycles. The summed E-state index contributed by atoms with van der Waals surface area (Å²) >= 11 is 0. The van der Waals surface area contributed by atoms with Crippen molar-refractivity contribution in [1.29, 1.82) is 0 Å². The van der Waals surface area contributed by atoms with Gasteiger partial charge in [-0.2, -0.15) is 0 Å². The summed E-state index contributed by atoms with van der Waals surface area (Å²) in [6.07, 6.45) is 3.35. The lowest BCUT2D eigenvalue weighted by atomic mass is 10.2. The summed E-state index contributed by atoms with van der Waals surface area (Å²) in [5, 5.41) is 6.51. The fraction of sp³-hybridized carbons (Fsp3) is 0.588. The van der Waals surface area contributed by atoms with Gasteiger partial charge in [-0.05, 0) is 43.5 Å². The molecular weight excluding hydrogens is 421 g/mol. The van der Waals surface area contributed by atoms with Gasteiger partial charge in [-0.3, -0.25) is 4.99 Å². The van der Waals surface area contributed by atoms with E-state index in [-0.39, 0.29) is 24.0 Å². The van der Waals surface area contributed by atoms with Crippen LogP contribution in [0, 0.1) is 0 Å². The zero-order chi connectivity index (χ0) is 16.8. The molecule has 6 nitrogen and oxygen atoms in total. The van der Waals surface area contributed by atoms with Gasteiger partial charge in [0.25, 0.3) is 0 Å². The predicted molar refractivity (Wildman–Crippen MR) is 109 cm³/mol. The van der Waals surface area contributed by atoms with Crippen molar-refractivity contribution in [2.75, 3.05) is 47.6 Å². The normalized spacial score (nSPS) is 10.7. The van der Waals surface area contributed by atoms with Gasteiger partial charge in [-0.15, -0.1) is 24.0 Å². The second kappa shape index (κ2) is 15.3. The van der Waals surface area contributed by atoms with E-state index in [0.29, 0.717) is 13.2 Å². The minimum atomic E-state index is 0. The van der Waals surface area contributed by atoms with Gasteiger partial charge < -0.3 is 24.8 Å². The van der Waals surface area contributed by atoms with Crippen molar-refractivity contribution in [2.24, 2.45) is 4.99 Å². The molecule has 0 aliphatic rings. The van der Waals surface area contributed by atoms with Gasteiger partial charge in [-0.1, -0.05) is 0 Å². The van der Waals surface area contributed by atoms with Crippen molar-refractivity contribution in [1.82, 2.24) is 10.6 Å². The summed E-state index contributed by atoms with van der Waals surface area (Å²) in [4.78, 5) is 4.19. The van der Waals surface area contributed by atoms with E-state index in [9.17, 15) is 0 Å². The average Bonchev–Trinajstić information content (AvgIpc) is 2.60. The molecule has 0 atom stereocenters. The summed E-state index contributed by atoms with van der Waals surface area (Å²) < 4.78 is 15.8. The number of ether oxygens (including phenoxy) is 3. The van der Waals surface area contributed by atoms with Crippen molar-refractivity contribution < 1.29 is 14.2 Å². The SMILES string of the molecule is CN=C(NCCCCCOC)NCCOc1ccc(OC)cc1.I. The Kier molecular flexibility index (Phi) is 14.5. The first-order valence-electron chi connectivity index (χ1n) is 8.00. The number of aliphatic imine (C=N–C) groups is 1. The smallest absolute Gasteiger partial charge is 0.191 e. The highest BCUT2D eigenvalue weighted by atomic mass is 127. The van der Waals surface area contributed by atoms with Crippen molar-refractivity contribution in [3.05, 3.63) is 24.3 Å². The third-order valence-corrected chi connectivity index (χ3v) is 3.26. The largest absolute Gasteiger partial charge is 0.497 e. The lowest BCUT2D eigenvalue weighted by Gasteiger charge is -2.12.